The maximum atomic E-state index is 14.2. The molecule has 3 aliphatic rings. The third-order valence-corrected chi connectivity index (χ3v) is 14.0. The Labute approximate surface area is 341 Å². The van der Waals surface area contributed by atoms with Crippen LogP contribution in [0.4, 0.5) is 5.69 Å². The summed E-state index contributed by atoms with van der Waals surface area (Å²) < 4.78 is 35.4. The van der Waals surface area contributed by atoms with Crippen LogP contribution in [-0.4, -0.2) is 81.4 Å². The Hall–Kier alpha value is -4.71. The number of carbonyl (C=O) groups is 3. The number of fused-ring (bicyclic) bond motifs is 14. The van der Waals surface area contributed by atoms with Crippen LogP contribution in [0.25, 0.3) is 27.5 Å². The number of aryl methyl sites for hydroxylation is 1. The minimum atomic E-state index is -1.49. The number of allylic oxidation sites excluding steroid dienone is 3. The van der Waals surface area contributed by atoms with Crippen molar-refractivity contribution in [3.8, 4) is 17.2 Å². The van der Waals surface area contributed by atoms with Crippen molar-refractivity contribution in [2.75, 3.05) is 12.4 Å². The molecule has 0 fully saturated rings. The number of ketones is 1. The van der Waals surface area contributed by atoms with Gasteiger partial charge in [0, 0.05) is 5.56 Å². The first kappa shape index (κ1) is 41.9. The van der Waals surface area contributed by atoms with Crippen LogP contribution in [0.2, 0.25) is 0 Å². The number of aromatic nitrogens is 2. The van der Waals surface area contributed by atoms with Crippen LogP contribution in [-0.2, 0) is 23.8 Å². The van der Waals surface area contributed by atoms with Crippen LogP contribution < -0.4 is 31.7 Å². The molecule has 0 aliphatic carbocycles. The average Bonchev–Trinajstić information content (AvgIpc) is 3.70. The van der Waals surface area contributed by atoms with Crippen LogP contribution in [0.15, 0.2) is 54.5 Å². The maximum absolute atomic E-state index is 14.2. The number of methoxy groups -OCH3 is 1. The van der Waals surface area contributed by atoms with Gasteiger partial charge in [-0.25, -0.2) is 0 Å². The molecule has 7 rings (SSSR count). The molecule has 57 heavy (non-hydrogen) atoms. The molecule has 0 spiro atoms. The molecule has 8 atom stereocenters. The first-order chi connectivity index (χ1) is 27.1. The van der Waals surface area contributed by atoms with Crippen molar-refractivity contribution in [2.24, 2.45) is 17.8 Å². The number of phenolic OH excluding ortho intramolecular Hbond substituents is 2. The van der Waals surface area contributed by atoms with Crippen molar-refractivity contribution < 1.29 is 73.7 Å². The third kappa shape index (κ3) is 7.81. The van der Waals surface area contributed by atoms with Gasteiger partial charge >= 0.3 is 284 Å². The van der Waals surface area contributed by atoms with Gasteiger partial charge in [0.25, 0.3) is 0 Å². The number of nitrogens with zero attached hydrogens (tertiary/aromatic N) is 2. The number of pyridine rings is 1. The van der Waals surface area contributed by atoms with Crippen molar-refractivity contribution >= 4 is 50.8 Å². The Balaban J connectivity index is 1.55. The van der Waals surface area contributed by atoms with Gasteiger partial charge in [-0.05, 0) is 31.5 Å². The van der Waals surface area contributed by atoms with E-state index in [1.165, 1.54) is 20.3 Å². The number of imidazole rings is 1. The summed E-state index contributed by atoms with van der Waals surface area (Å²) in [4.78, 5) is 45.3. The van der Waals surface area contributed by atoms with Crippen LogP contribution >= 0.6 is 0 Å². The molecule has 5 heterocycles. The summed E-state index contributed by atoms with van der Waals surface area (Å²) in [6.07, 6.45) is 6.41. The number of nitrogens with one attached hydrogen (secondary N) is 1. The van der Waals surface area contributed by atoms with Gasteiger partial charge < -0.3 is 5.11 Å². The van der Waals surface area contributed by atoms with Gasteiger partial charge in [-0.2, -0.15) is 0 Å². The fourth-order valence-corrected chi connectivity index (χ4v) is 9.59. The van der Waals surface area contributed by atoms with Gasteiger partial charge in [-0.3, -0.25) is 4.79 Å². The molecule has 4 aromatic rings. The number of Topliss-reactive ketones (excluding diaryl/α,β-unsaturated/α-hetero) is 1. The number of halogens is 1. The topological polar surface area (TPSA) is 198 Å². The summed E-state index contributed by atoms with van der Waals surface area (Å²) in [7, 11) is 1.47. The number of phenols is 2. The molecule has 0 saturated carbocycles. The molecule has 4 unspecified atom stereocenters. The Kier molecular flexibility index (Phi) is 12.5. The molecule has 2 aromatic heterocycles. The molecule has 15 heteroatoms. The zero-order chi connectivity index (χ0) is 41.5. The minimum absolute atomic E-state index is 0.0220. The molecule has 0 radical (unpaired) electrons. The molecule has 2 aromatic carbocycles. The number of anilines is 1. The zero-order valence-corrected chi connectivity index (χ0v) is 35.2. The van der Waals surface area contributed by atoms with E-state index in [9.17, 15) is 33.1 Å². The first-order valence-electron chi connectivity index (χ1n) is 18.8. The number of aliphatic hydroxyl groups excluding tert-OH is 1. The molecular weight excluding hydrogens is 849 g/mol. The fraction of sp³-hybridized carbons (Fsp3) is 0.429. The van der Waals surface area contributed by atoms with E-state index in [0.717, 1.165) is 5.56 Å². The Morgan fingerprint density at radius 3 is 2.53 bits per heavy atom. The third-order valence-electron chi connectivity index (χ3n) is 11.1. The Morgan fingerprint density at radius 2 is 1.86 bits per heavy atom. The summed E-state index contributed by atoms with van der Waals surface area (Å²) >= 11 is -1.37. The molecule has 14 nitrogen and oxygen atoms in total. The second-order valence-corrected chi connectivity index (χ2v) is 16.8. The predicted molar refractivity (Wildman–Crippen MR) is 209 cm³/mol. The molecule has 306 valence electrons. The Morgan fingerprint density at radius 1 is 1.12 bits per heavy atom. The molecule has 0 saturated heterocycles. The van der Waals surface area contributed by atoms with Gasteiger partial charge in [0.15, 0.2) is 0 Å². The van der Waals surface area contributed by atoms with E-state index in [0.29, 0.717) is 12.1 Å². The average molecular weight is 899 g/mol. The van der Waals surface area contributed by atoms with E-state index in [1.807, 2.05) is 45.9 Å². The van der Waals surface area contributed by atoms with E-state index in [-0.39, 0.29) is 72.0 Å². The van der Waals surface area contributed by atoms with Crippen LogP contribution in [0, 0.1) is 31.6 Å². The SMILES string of the molecule is CC[C@@H]1C(O)[C@H](C)C([I-]O)[C@@H](C)/C=C/C=C(/C)C(=O)Nc2c(O)c3c(O)c(C)c4c(c3c3nc5cc(C)ccn5c23)C(=O)C(O/C=C/C(OC)C[C@H]1OC(C)=O)O4. The van der Waals surface area contributed by atoms with E-state index in [2.05, 4.69) is 5.32 Å². The number of hydrogen-bond acceptors (Lipinski definition) is 12. The van der Waals surface area contributed by atoms with Gasteiger partial charge in [0.1, 0.15) is 5.75 Å². The first-order valence-corrected chi connectivity index (χ1v) is 21.0. The standard InChI is InChI=1S/C42H49IN3O11/c1-9-26-27(56-24(7)47)18-25(54-8)14-16-55-42-39(51)31-29-30(37(49)23(6)40(31)57-42)38(50)34(35-33(29)44-28-17-19(2)13-15-46(28)35)45-41(52)21(4)12-10-11-20(3)32(43-53)22(5)36(26)48/h10-17,20,22,25-27,32,36,42,48-50,53H,9,18H2,1-8H3,(H,45,52)/q-1/b11-10+,16-14+,21-12-/t20-,22+,25?,26-,27+,32?,36?,42?/m0/s1. The number of alkyl halides is 1. The van der Waals surface area contributed by atoms with Crippen LogP contribution in [0.1, 0.15) is 68.9 Å². The number of ether oxygens (including phenoxy) is 4. The van der Waals surface area contributed by atoms with Crippen molar-refractivity contribution in [1.82, 2.24) is 9.38 Å². The normalized spacial score (nSPS) is 28.3. The number of hydrogen-bond donors (Lipinski definition) is 5. The number of aromatic hydroxyl groups is 2. The molecule has 5 bridgehead atoms. The number of rotatable bonds is 4. The number of benzene rings is 2. The quantitative estimate of drug-likeness (QED) is 0.0871. The number of aliphatic hydroxyl groups is 1. The van der Waals surface area contributed by atoms with Crippen molar-refractivity contribution in [3.05, 3.63) is 71.2 Å². The summed E-state index contributed by atoms with van der Waals surface area (Å²) in [6.45, 7) is 12.0. The van der Waals surface area contributed by atoms with Crippen LogP contribution in [0.5, 0.6) is 17.2 Å². The molecule has 5 N–H and O–H groups in total. The van der Waals surface area contributed by atoms with E-state index >= 15 is 0 Å². The van der Waals surface area contributed by atoms with E-state index in [4.69, 9.17) is 23.9 Å². The van der Waals surface area contributed by atoms with Crippen molar-refractivity contribution in [3.63, 3.8) is 0 Å². The Bertz CT molecular complexity index is 2330. The molecule has 1 amide bonds. The number of carbonyl (C=O) groups excluding carboxylic acids is 3. The summed E-state index contributed by atoms with van der Waals surface area (Å²) in [5.41, 5.74) is 2.33. The van der Waals surface area contributed by atoms with Crippen molar-refractivity contribution in [1.29, 1.82) is 0 Å². The summed E-state index contributed by atoms with van der Waals surface area (Å²) in [6, 6.07) is 3.65. The van der Waals surface area contributed by atoms with Crippen molar-refractivity contribution in [2.45, 2.75) is 89.8 Å². The van der Waals surface area contributed by atoms with Gasteiger partial charge in [-0.15, -0.1) is 0 Å². The van der Waals surface area contributed by atoms with E-state index < -0.39 is 81.5 Å². The van der Waals surface area contributed by atoms with E-state index in [1.54, 1.807) is 42.7 Å². The predicted octanol–water partition coefficient (Wildman–Crippen LogP) is 2.92. The van der Waals surface area contributed by atoms with Gasteiger partial charge in [0.2, 0.25) is 0 Å². The molecular formula is C42H49IN3O11-. The van der Waals surface area contributed by atoms with Gasteiger partial charge in [0.05, 0.1) is 5.56 Å². The summed E-state index contributed by atoms with van der Waals surface area (Å²) in [5, 5.41) is 38.2. The van der Waals surface area contributed by atoms with Crippen LogP contribution in [0.3, 0.4) is 0 Å². The number of esters is 1. The molecule has 3 aliphatic heterocycles. The van der Waals surface area contributed by atoms with Gasteiger partial charge in [-0.1, -0.05) is 0 Å². The second kappa shape index (κ2) is 17.0. The fourth-order valence-electron chi connectivity index (χ4n) is 7.91. The monoisotopic (exact) mass is 898 g/mol. The summed E-state index contributed by atoms with van der Waals surface area (Å²) in [5.74, 6) is -3.59. The number of amides is 1. The zero-order valence-electron chi connectivity index (χ0n) is 33.1. The second-order valence-electron chi connectivity index (χ2n) is 14.8.